The van der Waals surface area contributed by atoms with Gasteiger partial charge in [0, 0.05) is 25.7 Å². The molecule has 0 aliphatic carbocycles. The van der Waals surface area contributed by atoms with E-state index in [0.717, 1.165) is 44.0 Å². The number of hydrogen-bond acceptors (Lipinski definition) is 5. The van der Waals surface area contributed by atoms with Gasteiger partial charge in [-0.1, -0.05) is 36.4 Å². The summed E-state index contributed by atoms with van der Waals surface area (Å²) in [6.07, 6.45) is 3.41. The van der Waals surface area contributed by atoms with Gasteiger partial charge >= 0.3 is 0 Å². The lowest BCUT2D eigenvalue weighted by Gasteiger charge is -2.31. The van der Waals surface area contributed by atoms with E-state index >= 15 is 0 Å². The highest BCUT2D eigenvalue weighted by atomic mass is 16.5. The highest BCUT2D eigenvalue weighted by Crippen LogP contribution is 2.29. The maximum absolute atomic E-state index is 12.7. The molecule has 1 heterocycles. The Morgan fingerprint density at radius 2 is 1.87 bits per heavy atom. The van der Waals surface area contributed by atoms with Crippen molar-refractivity contribution in [3.63, 3.8) is 0 Å². The average molecular weight is 425 g/mol. The van der Waals surface area contributed by atoms with Crippen molar-refractivity contribution in [1.29, 1.82) is 0 Å². The topological polar surface area (TPSA) is 60.0 Å². The van der Waals surface area contributed by atoms with Crippen LogP contribution < -0.4 is 14.8 Å². The fourth-order valence-electron chi connectivity index (χ4n) is 3.49. The minimum atomic E-state index is -0.136. The van der Waals surface area contributed by atoms with E-state index in [1.165, 1.54) is 0 Å². The third-order valence-corrected chi connectivity index (χ3v) is 5.04. The number of nitrogens with one attached hydrogen (secondary N) is 1. The minimum absolute atomic E-state index is 0.0578. The molecule has 0 aromatic heterocycles. The molecule has 1 N–H and O–H groups in total. The van der Waals surface area contributed by atoms with Gasteiger partial charge in [-0.05, 0) is 43.2 Å². The van der Waals surface area contributed by atoms with E-state index < -0.39 is 0 Å². The third kappa shape index (κ3) is 7.12. The van der Waals surface area contributed by atoms with E-state index in [0.29, 0.717) is 11.5 Å². The van der Waals surface area contributed by atoms with Gasteiger partial charge in [0.1, 0.15) is 0 Å². The molecule has 166 valence electrons. The average Bonchev–Trinajstić information content (AvgIpc) is 2.79. The largest absolute Gasteiger partial charge is 0.493 e. The summed E-state index contributed by atoms with van der Waals surface area (Å²) in [5.41, 5.74) is 1.96. The van der Waals surface area contributed by atoms with Gasteiger partial charge in [0.05, 0.1) is 32.5 Å². The Morgan fingerprint density at radius 3 is 2.55 bits per heavy atom. The molecule has 1 fully saturated rings. The Labute approximate surface area is 184 Å². The second kappa shape index (κ2) is 11.5. The van der Waals surface area contributed by atoms with Gasteiger partial charge in [0.2, 0.25) is 5.91 Å². The maximum Gasteiger partial charge on any atom is 0.244 e. The van der Waals surface area contributed by atoms with Crippen molar-refractivity contribution in [3.05, 3.63) is 65.7 Å². The van der Waals surface area contributed by atoms with Gasteiger partial charge < -0.3 is 19.5 Å². The lowest BCUT2D eigenvalue weighted by molar-refractivity contribution is -0.117. The second-order valence-corrected chi connectivity index (χ2v) is 7.80. The van der Waals surface area contributed by atoms with Gasteiger partial charge in [-0.15, -0.1) is 0 Å². The van der Waals surface area contributed by atoms with Crippen molar-refractivity contribution in [3.8, 4) is 11.5 Å². The monoisotopic (exact) mass is 424 g/mol. The summed E-state index contributed by atoms with van der Waals surface area (Å²) in [4.78, 5) is 15.0. The fourth-order valence-corrected chi connectivity index (χ4v) is 3.49. The molecular formula is C25H32N2O4. The first-order valence-corrected chi connectivity index (χ1v) is 10.7. The van der Waals surface area contributed by atoms with Crippen molar-refractivity contribution >= 4 is 12.0 Å². The number of nitrogens with zero attached hydrogens (tertiary/aromatic N) is 1. The van der Waals surface area contributed by atoms with Crippen molar-refractivity contribution in [2.24, 2.45) is 0 Å². The number of rotatable bonds is 9. The van der Waals surface area contributed by atoms with Crippen LogP contribution in [0.1, 0.15) is 31.0 Å². The van der Waals surface area contributed by atoms with Crippen LogP contribution in [0.3, 0.4) is 0 Å². The molecule has 3 rings (SSSR count). The second-order valence-electron chi connectivity index (χ2n) is 7.80. The summed E-state index contributed by atoms with van der Waals surface area (Å²) in [6.45, 7) is 7.90. The first-order valence-electron chi connectivity index (χ1n) is 10.7. The first-order chi connectivity index (χ1) is 15.0. The van der Waals surface area contributed by atoms with Crippen molar-refractivity contribution in [2.45, 2.75) is 26.0 Å². The highest BCUT2D eigenvalue weighted by molar-refractivity contribution is 5.92. The number of carbonyl (C=O) groups is 1. The van der Waals surface area contributed by atoms with E-state index in [-0.39, 0.29) is 18.1 Å². The predicted molar refractivity (Wildman–Crippen MR) is 122 cm³/mol. The summed E-state index contributed by atoms with van der Waals surface area (Å²) in [5, 5.41) is 3.15. The molecule has 31 heavy (non-hydrogen) atoms. The highest BCUT2D eigenvalue weighted by Gasteiger charge is 2.19. The van der Waals surface area contributed by atoms with Crippen molar-refractivity contribution in [2.75, 3.05) is 40.0 Å². The molecule has 2 aromatic carbocycles. The summed E-state index contributed by atoms with van der Waals surface area (Å²) in [7, 11) is 1.61. The molecule has 1 amide bonds. The quantitative estimate of drug-likeness (QED) is 0.622. The Morgan fingerprint density at radius 1 is 1.13 bits per heavy atom. The molecule has 6 heteroatoms. The lowest BCUT2D eigenvalue weighted by Crippen LogP contribution is -2.42. The number of hydrogen-bond donors (Lipinski definition) is 1. The number of methoxy groups -OCH3 is 1. The summed E-state index contributed by atoms with van der Waals surface area (Å²) in [5.74, 6) is 1.20. The van der Waals surface area contributed by atoms with Gasteiger partial charge in [0.15, 0.2) is 11.5 Å². The zero-order valence-electron chi connectivity index (χ0n) is 18.5. The molecule has 6 nitrogen and oxygen atoms in total. The molecule has 0 radical (unpaired) electrons. The molecule has 0 spiro atoms. The maximum atomic E-state index is 12.7. The molecule has 1 atom stereocenters. The van der Waals surface area contributed by atoms with Crippen LogP contribution in [-0.2, 0) is 9.53 Å². The van der Waals surface area contributed by atoms with Crippen LogP contribution >= 0.6 is 0 Å². The third-order valence-electron chi connectivity index (χ3n) is 5.04. The van der Waals surface area contributed by atoms with Crippen LogP contribution in [-0.4, -0.2) is 56.9 Å². The summed E-state index contributed by atoms with van der Waals surface area (Å²) >= 11 is 0. The molecular weight excluding hydrogens is 392 g/mol. The van der Waals surface area contributed by atoms with Gasteiger partial charge in [0.25, 0.3) is 0 Å². The standard InChI is InChI=1S/C25H32N2O4/c1-19(2)31-23-11-9-20(17-24(23)29-3)10-12-25(28)26-22(21-7-5-4-6-8-21)18-27-13-15-30-16-14-27/h4-12,17,19,22H,13-16,18H2,1-3H3,(H,26,28). The fraction of sp³-hybridized carbons (Fsp3) is 0.400. The van der Waals surface area contributed by atoms with Crippen LogP contribution in [0.25, 0.3) is 6.08 Å². The van der Waals surface area contributed by atoms with E-state index in [2.05, 4.69) is 10.2 Å². The van der Waals surface area contributed by atoms with E-state index in [1.807, 2.05) is 62.4 Å². The van der Waals surface area contributed by atoms with Crippen molar-refractivity contribution < 1.29 is 19.0 Å². The molecule has 1 aliphatic rings. The van der Waals surface area contributed by atoms with E-state index in [1.54, 1.807) is 19.3 Å². The van der Waals surface area contributed by atoms with Crippen LogP contribution in [0.5, 0.6) is 11.5 Å². The SMILES string of the molecule is COc1cc(C=CC(=O)NC(CN2CCOCC2)c2ccccc2)ccc1OC(C)C. The Hall–Kier alpha value is -2.83. The molecule has 0 bridgehead atoms. The van der Waals surface area contributed by atoms with Crippen LogP contribution in [0.4, 0.5) is 0 Å². The zero-order valence-corrected chi connectivity index (χ0v) is 18.5. The van der Waals surface area contributed by atoms with Crippen LogP contribution in [0.2, 0.25) is 0 Å². The first kappa shape index (κ1) is 22.8. The lowest BCUT2D eigenvalue weighted by atomic mass is 10.1. The van der Waals surface area contributed by atoms with Gasteiger partial charge in [-0.25, -0.2) is 0 Å². The van der Waals surface area contributed by atoms with Gasteiger partial charge in [-0.3, -0.25) is 9.69 Å². The van der Waals surface area contributed by atoms with Crippen LogP contribution in [0.15, 0.2) is 54.6 Å². The van der Waals surface area contributed by atoms with E-state index in [9.17, 15) is 4.79 Å². The normalized spacial score (nSPS) is 15.7. The predicted octanol–water partition coefficient (Wildman–Crippen LogP) is 3.69. The molecule has 0 saturated carbocycles. The minimum Gasteiger partial charge on any atom is -0.493 e. The number of amides is 1. The summed E-state index contributed by atoms with van der Waals surface area (Å²) < 4.78 is 16.6. The Balaban J connectivity index is 1.67. The van der Waals surface area contributed by atoms with Gasteiger partial charge in [-0.2, -0.15) is 0 Å². The molecule has 1 unspecified atom stereocenters. The number of ether oxygens (including phenoxy) is 3. The van der Waals surface area contributed by atoms with E-state index in [4.69, 9.17) is 14.2 Å². The summed E-state index contributed by atoms with van der Waals surface area (Å²) in [6, 6.07) is 15.6. The van der Waals surface area contributed by atoms with Crippen LogP contribution in [0, 0.1) is 0 Å². The molecule has 2 aromatic rings. The number of morpholine rings is 1. The number of benzene rings is 2. The zero-order chi connectivity index (χ0) is 22.1. The molecule has 1 aliphatic heterocycles. The Bertz CT molecular complexity index is 861. The molecule has 1 saturated heterocycles. The Kier molecular flexibility index (Phi) is 8.50. The van der Waals surface area contributed by atoms with Crippen molar-refractivity contribution in [1.82, 2.24) is 10.2 Å². The number of carbonyl (C=O) groups excluding carboxylic acids is 1. The smallest absolute Gasteiger partial charge is 0.244 e.